The minimum Gasteiger partial charge on any atom is -0.236 e. The molecule has 0 radical (unpaired) electrons. The molecule has 2 heterocycles. The molecular formula is C23H16N2S2. The fourth-order valence-electron chi connectivity index (χ4n) is 3.12. The van der Waals surface area contributed by atoms with E-state index in [1.807, 2.05) is 12.1 Å². The summed E-state index contributed by atoms with van der Waals surface area (Å²) in [6.07, 6.45) is 2.21. The van der Waals surface area contributed by atoms with E-state index in [1.165, 1.54) is 20.5 Å². The van der Waals surface area contributed by atoms with Gasteiger partial charge in [-0.1, -0.05) is 54.1 Å². The standard InChI is InChI=1S/C23H16N2S2/c1-15-7-6-8-16(13-15)14-17(22-24-18-9-2-4-11-20(18)26-22)23-25-19-10-3-5-12-21(19)27-23/h2-14H,1H3. The summed E-state index contributed by atoms with van der Waals surface area (Å²) in [4.78, 5) is 9.79. The topological polar surface area (TPSA) is 25.8 Å². The Labute approximate surface area is 165 Å². The number of fused-ring (bicyclic) bond motifs is 2. The molecule has 2 nitrogen and oxygen atoms in total. The molecule has 3 aromatic carbocycles. The summed E-state index contributed by atoms with van der Waals surface area (Å²) >= 11 is 3.44. The maximum absolute atomic E-state index is 4.90. The van der Waals surface area contributed by atoms with Gasteiger partial charge < -0.3 is 0 Å². The molecule has 27 heavy (non-hydrogen) atoms. The molecule has 0 saturated carbocycles. The molecule has 0 spiro atoms. The zero-order chi connectivity index (χ0) is 18.2. The van der Waals surface area contributed by atoms with Crippen molar-refractivity contribution in [2.45, 2.75) is 6.92 Å². The largest absolute Gasteiger partial charge is 0.236 e. The summed E-state index contributed by atoms with van der Waals surface area (Å²) in [6.45, 7) is 2.12. The number of hydrogen-bond acceptors (Lipinski definition) is 4. The Morgan fingerprint density at radius 3 is 1.89 bits per heavy atom. The van der Waals surface area contributed by atoms with Gasteiger partial charge in [-0.3, -0.25) is 0 Å². The Kier molecular flexibility index (Phi) is 4.07. The van der Waals surface area contributed by atoms with E-state index in [4.69, 9.17) is 9.97 Å². The molecule has 0 fully saturated rings. The normalized spacial score (nSPS) is 11.1. The van der Waals surface area contributed by atoms with Gasteiger partial charge in [0.05, 0.1) is 20.4 Å². The van der Waals surface area contributed by atoms with E-state index >= 15 is 0 Å². The molecule has 0 unspecified atom stereocenters. The van der Waals surface area contributed by atoms with Crippen LogP contribution < -0.4 is 0 Å². The summed E-state index contributed by atoms with van der Waals surface area (Å²) in [7, 11) is 0. The Bertz CT molecular complexity index is 1150. The first kappa shape index (κ1) is 16.4. The fraction of sp³-hybridized carbons (Fsp3) is 0.0435. The minimum atomic E-state index is 1.01. The van der Waals surface area contributed by atoms with Gasteiger partial charge in [-0.05, 0) is 42.8 Å². The highest BCUT2D eigenvalue weighted by molar-refractivity contribution is 7.22. The second kappa shape index (κ2) is 6.72. The highest BCUT2D eigenvalue weighted by atomic mass is 32.1. The van der Waals surface area contributed by atoms with E-state index in [2.05, 4.69) is 73.7 Å². The lowest BCUT2D eigenvalue weighted by molar-refractivity contribution is 1.39. The van der Waals surface area contributed by atoms with Crippen LogP contribution in [0, 0.1) is 6.92 Å². The van der Waals surface area contributed by atoms with E-state index < -0.39 is 0 Å². The third kappa shape index (κ3) is 3.18. The Morgan fingerprint density at radius 1 is 0.741 bits per heavy atom. The molecule has 0 aliphatic rings. The number of nitrogens with zero attached hydrogens (tertiary/aromatic N) is 2. The average molecular weight is 385 g/mol. The lowest BCUT2D eigenvalue weighted by Crippen LogP contribution is -1.87. The Balaban J connectivity index is 1.73. The third-order valence-electron chi connectivity index (χ3n) is 4.40. The van der Waals surface area contributed by atoms with Crippen molar-refractivity contribution in [2.24, 2.45) is 0 Å². The lowest BCUT2D eigenvalue weighted by Gasteiger charge is -2.02. The average Bonchev–Trinajstić information content (AvgIpc) is 3.30. The minimum absolute atomic E-state index is 1.01. The van der Waals surface area contributed by atoms with Crippen LogP contribution in [-0.2, 0) is 0 Å². The van der Waals surface area contributed by atoms with Gasteiger partial charge in [-0.25, -0.2) is 9.97 Å². The van der Waals surface area contributed by atoms with Gasteiger partial charge in [0.25, 0.3) is 0 Å². The summed E-state index contributed by atoms with van der Waals surface area (Å²) in [5.41, 5.74) is 5.57. The van der Waals surface area contributed by atoms with Crippen LogP contribution in [-0.4, -0.2) is 9.97 Å². The smallest absolute Gasteiger partial charge is 0.127 e. The lowest BCUT2D eigenvalue weighted by atomic mass is 10.1. The molecule has 4 heteroatoms. The Morgan fingerprint density at radius 2 is 1.33 bits per heavy atom. The van der Waals surface area contributed by atoms with Crippen LogP contribution in [0.3, 0.4) is 0 Å². The van der Waals surface area contributed by atoms with Crippen LogP contribution in [0.4, 0.5) is 0 Å². The molecule has 0 N–H and O–H groups in total. The van der Waals surface area contributed by atoms with Crippen molar-refractivity contribution >= 4 is 54.8 Å². The quantitative estimate of drug-likeness (QED) is 0.342. The molecule has 5 rings (SSSR count). The van der Waals surface area contributed by atoms with Gasteiger partial charge in [-0.2, -0.15) is 0 Å². The predicted octanol–water partition coefficient (Wildman–Crippen LogP) is 6.80. The summed E-state index contributed by atoms with van der Waals surface area (Å²) < 4.78 is 2.40. The van der Waals surface area contributed by atoms with E-state index in [0.717, 1.165) is 26.6 Å². The number of rotatable bonds is 3. The second-order valence-electron chi connectivity index (χ2n) is 6.45. The molecule has 0 bridgehead atoms. The zero-order valence-corrected chi connectivity index (χ0v) is 16.3. The van der Waals surface area contributed by atoms with Crippen molar-refractivity contribution in [2.75, 3.05) is 0 Å². The van der Waals surface area contributed by atoms with E-state index in [0.29, 0.717) is 0 Å². The summed E-state index contributed by atoms with van der Waals surface area (Å²) in [5, 5.41) is 2.02. The first-order valence-electron chi connectivity index (χ1n) is 8.76. The molecule has 0 saturated heterocycles. The Hall–Kier alpha value is -2.82. The highest BCUT2D eigenvalue weighted by Gasteiger charge is 2.15. The molecule has 130 valence electrons. The maximum atomic E-state index is 4.90. The van der Waals surface area contributed by atoms with E-state index in [9.17, 15) is 0 Å². The van der Waals surface area contributed by atoms with Crippen LogP contribution in [0.2, 0.25) is 0 Å². The van der Waals surface area contributed by atoms with Crippen molar-refractivity contribution in [1.29, 1.82) is 0 Å². The molecule has 0 aliphatic heterocycles. The molecule has 0 atom stereocenters. The zero-order valence-electron chi connectivity index (χ0n) is 14.7. The molecule has 2 aromatic heterocycles. The summed E-state index contributed by atoms with van der Waals surface area (Å²) in [5.74, 6) is 0. The van der Waals surface area contributed by atoms with Crippen molar-refractivity contribution in [3.8, 4) is 0 Å². The predicted molar refractivity (Wildman–Crippen MR) is 117 cm³/mol. The van der Waals surface area contributed by atoms with Crippen LogP contribution >= 0.6 is 22.7 Å². The highest BCUT2D eigenvalue weighted by Crippen LogP contribution is 2.36. The number of aromatic nitrogens is 2. The third-order valence-corrected chi connectivity index (χ3v) is 6.54. The summed E-state index contributed by atoms with van der Waals surface area (Å²) in [6, 6.07) is 25.1. The number of para-hydroxylation sites is 2. The van der Waals surface area contributed by atoms with Crippen molar-refractivity contribution in [1.82, 2.24) is 9.97 Å². The van der Waals surface area contributed by atoms with Crippen LogP contribution in [0.25, 0.3) is 32.1 Å². The fourth-order valence-corrected chi connectivity index (χ4v) is 5.15. The SMILES string of the molecule is Cc1cccc(C=C(c2nc3ccccc3s2)c2nc3ccccc3s2)c1. The number of thiazole rings is 2. The first-order valence-corrected chi connectivity index (χ1v) is 10.4. The van der Waals surface area contributed by atoms with Crippen molar-refractivity contribution in [3.05, 3.63) is 93.9 Å². The van der Waals surface area contributed by atoms with Gasteiger partial charge >= 0.3 is 0 Å². The maximum Gasteiger partial charge on any atom is 0.127 e. The number of aryl methyl sites for hydroxylation is 1. The van der Waals surface area contributed by atoms with Crippen LogP contribution in [0.15, 0.2) is 72.8 Å². The number of hydrogen-bond donors (Lipinski definition) is 0. The van der Waals surface area contributed by atoms with E-state index in [1.54, 1.807) is 22.7 Å². The van der Waals surface area contributed by atoms with Crippen molar-refractivity contribution < 1.29 is 0 Å². The van der Waals surface area contributed by atoms with E-state index in [-0.39, 0.29) is 0 Å². The molecule has 5 aromatic rings. The van der Waals surface area contributed by atoms with Crippen LogP contribution in [0.1, 0.15) is 21.1 Å². The number of benzene rings is 3. The first-order chi connectivity index (χ1) is 13.3. The van der Waals surface area contributed by atoms with Crippen molar-refractivity contribution in [3.63, 3.8) is 0 Å². The van der Waals surface area contributed by atoms with Gasteiger partial charge in [0.2, 0.25) is 0 Å². The van der Waals surface area contributed by atoms with Gasteiger partial charge in [0.1, 0.15) is 10.0 Å². The van der Waals surface area contributed by atoms with Crippen LogP contribution in [0.5, 0.6) is 0 Å². The second-order valence-corrected chi connectivity index (χ2v) is 8.51. The monoisotopic (exact) mass is 384 g/mol. The van der Waals surface area contributed by atoms with Gasteiger partial charge in [0.15, 0.2) is 0 Å². The van der Waals surface area contributed by atoms with Gasteiger partial charge in [0, 0.05) is 5.57 Å². The molecule has 0 aliphatic carbocycles. The van der Waals surface area contributed by atoms with Gasteiger partial charge in [-0.15, -0.1) is 22.7 Å². The molecular weight excluding hydrogens is 368 g/mol. The molecule has 0 amide bonds.